The number of Topliss-reactive ketones (excluding diaryl/α,β-unsaturated/α-hetero) is 1. The number of rotatable bonds is 7. The van der Waals surface area contributed by atoms with Gasteiger partial charge in [0.2, 0.25) is 5.91 Å². The molecule has 2 saturated heterocycles. The van der Waals surface area contributed by atoms with Gasteiger partial charge >= 0.3 is 0 Å². The molecule has 9 heteroatoms. The number of carbonyl (C=O) groups excluding carboxylic acids is 4. The van der Waals surface area contributed by atoms with Gasteiger partial charge in [-0.05, 0) is 55.2 Å². The van der Waals surface area contributed by atoms with Crippen molar-refractivity contribution in [1.82, 2.24) is 15.1 Å². The van der Waals surface area contributed by atoms with Crippen LogP contribution in [0.25, 0.3) is 11.0 Å². The smallest absolute Gasteiger partial charge is 0.290 e. The number of nitrogens with one attached hydrogen (secondary N) is 1. The summed E-state index contributed by atoms with van der Waals surface area (Å²) in [5, 5.41) is 3.72. The van der Waals surface area contributed by atoms with Crippen LogP contribution in [-0.4, -0.2) is 78.6 Å². The molecule has 9 nitrogen and oxygen atoms in total. The average Bonchev–Trinajstić information content (AvgIpc) is 3.62. The summed E-state index contributed by atoms with van der Waals surface area (Å²) < 4.78 is 5.76. The summed E-state index contributed by atoms with van der Waals surface area (Å²) in [7, 11) is 3.84. The second-order valence-corrected chi connectivity index (χ2v) is 11.0. The molecule has 2 aliphatic rings. The fourth-order valence-corrected chi connectivity index (χ4v) is 5.61. The third kappa shape index (κ3) is 5.13. The van der Waals surface area contributed by atoms with E-state index in [0.29, 0.717) is 30.5 Å². The van der Waals surface area contributed by atoms with E-state index in [-0.39, 0.29) is 41.7 Å². The van der Waals surface area contributed by atoms with E-state index in [1.165, 1.54) is 4.90 Å². The van der Waals surface area contributed by atoms with E-state index in [0.717, 1.165) is 11.1 Å². The van der Waals surface area contributed by atoms with Gasteiger partial charge in [-0.3, -0.25) is 19.2 Å². The fourth-order valence-electron chi connectivity index (χ4n) is 5.61. The summed E-state index contributed by atoms with van der Waals surface area (Å²) in [6.07, 6.45) is 0.923. The van der Waals surface area contributed by atoms with Gasteiger partial charge in [-0.15, -0.1) is 0 Å². The molecule has 204 valence electrons. The molecule has 1 N–H and O–H groups in total. The Labute approximate surface area is 227 Å². The normalized spacial score (nSPS) is 19.5. The lowest BCUT2D eigenvalue weighted by atomic mass is 10.0. The standard InChI is InChI=1S/C30H34N4O5/c1-18(2)15-22(31-28(36)19-9-11-21(12-10-19)32(3)4)29(37)33-14-13-23-27(33)24(35)17-34(23)30(38)26-16-20-7-5-6-8-25(20)39-26/h5-12,16,18,22-23,27H,13-15,17H2,1-4H3,(H,31,36)/t22-,23?,27?/m0/s1. The molecule has 3 aromatic rings. The number of furan rings is 1. The second kappa shape index (κ2) is 10.6. The highest BCUT2D eigenvalue weighted by atomic mass is 16.3. The zero-order valence-corrected chi connectivity index (χ0v) is 22.7. The van der Waals surface area contributed by atoms with E-state index in [9.17, 15) is 19.2 Å². The summed E-state index contributed by atoms with van der Waals surface area (Å²) in [6.45, 7) is 4.24. The number of hydrogen-bond acceptors (Lipinski definition) is 6. The number of likely N-dealkylation sites (tertiary alicyclic amines) is 2. The molecule has 2 aliphatic heterocycles. The van der Waals surface area contributed by atoms with Crippen molar-refractivity contribution in [3.63, 3.8) is 0 Å². The number of anilines is 1. The number of fused-ring (bicyclic) bond motifs is 2. The predicted octanol–water partition coefficient (Wildman–Crippen LogP) is 3.34. The van der Waals surface area contributed by atoms with Gasteiger partial charge in [0.05, 0.1) is 12.6 Å². The molecule has 1 aromatic heterocycles. The number of hydrogen-bond donors (Lipinski definition) is 1. The number of nitrogens with zero attached hydrogens (tertiary/aromatic N) is 3. The minimum Gasteiger partial charge on any atom is -0.451 e. The third-order valence-electron chi connectivity index (χ3n) is 7.56. The fraction of sp³-hybridized carbons (Fsp3) is 0.400. The van der Waals surface area contributed by atoms with Crippen molar-refractivity contribution in [1.29, 1.82) is 0 Å². The van der Waals surface area contributed by atoms with Gasteiger partial charge in [0.25, 0.3) is 11.8 Å². The molecular formula is C30H34N4O5. The van der Waals surface area contributed by atoms with E-state index in [1.807, 2.05) is 63.2 Å². The lowest BCUT2D eigenvalue weighted by Crippen LogP contribution is -2.53. The first kappa shape index (κ1) is 26.5. The molecule has 0 radical (unpaired) electrons. The Kier molecular flexibility index (Phi) is 7.16. The first-order valence-corrected chi connectivity index (χ1v) is 13.3. The summed E-state index contributed by atoms with van der Waals surface area (Å²) in [5.74, 6) is -0.840. The lowest BCUT2D eigenvalue weighted by molar-refractivity contribution is -0.138. The number of para-hydroxylation sites is 1. The van der Waals surface area contributed by atoms with Crippen LogP contribution in [0.3, 0.4) is 0 Å². The van der Waals surface area contributed by atoms with Crippen molar-refractivity contribution >= 4 is 40.2 Å². The molecule has 2 unspecified atom stereocenters. The van der Waals surface area contributed by atoms with Gasteiger partial charge in [-0.25, -0.2) is 0 Å². The van der Waals surface area contributed by atoms with E-state index in [4.69, 9.17) is 4.42 Å². The molecular weight excluding hydrogens is 496 g/mol. The number of benzene rings is 2. The van der Waals surface area contributed by atoms with Crippen LogP contribution in [0.2, 0.25) is 0 Å². The molecule has 0 saturated carbocycles. The molecule has 3 atom stereocenters. The zero-order chi connectivity index (χ0) is 27.8. The Morgan fingerprint density at radius 3 is 2.44 bits per heavy atom. The average molecular weight is 531 g/mol. The zero-order valence-electron chi connectivity index (χ0n) is 22.7. The molecule has 2 fully saturated rings. The van der Waals surface area contributed by atoms with Crippen LogP contribution in [0.15, 0.2) is 59.0 Å². The molecule has 0 bridgehead atoms. The first-order valence-electron chi connectivity index (χ1n) is 13.3. The van der Waals surface area contributed by atoms with E-state index >= 15 is 0 Å². The second-order valence-electron chi connectivity index (χ2n) is 11.0. The number of amides is 3. The van der Waals surface area contributed by atoms with E-state index < -0.39 is 18.1 Å². The maximum absolute atomic E-state index is 13.8. The monoisotopic (exact) mass is 530 g/mol. The highest BCUT2D eigenvalue weighted by Crippen LogP contribution is 2.32. The molecule has 3 heterocycles. The molecule has 0 spiro atoms. The third-order valence-corrected chi connectivity index (χ3v) is 7.56. The van der Waals surface area contributed by atoms with E-state index in [1.54, 1.807) is 29.2 Å². The minimum absolute atomic E-state index is 0.0750. The van der Waals surface area contributed by atoms with Crippen molar-refractivity contribution in [2.75, 3.05) is 32.1 Å². The van der Waals surface area contributed by atoms with Gasteiger partial charge in [0, 0.05) is 37.3 Å². The van der Waals surface area contributed by atoms with Crippen molar-refractivity contribution < 1.29 is 23.6 Å². The molecule has 3 amide bonds. The Morgan fingerprint density at radius 1 is 1.05 bits per heavy atom. The van der Waals surface area contributed by atoms with Crippen molar-refractivity contribution in [2.45, 2.75) is 44.8 Å². The molecule has 2 aromatic carbocycles. The predicted molar refractivity (Wildman–Crippen MR) is 148 cm³/mol. The highest BCUT2D eigenvalue weighted by Gasteiger charge is 2.52. The Balaban J connectivity index is 1.32. The van der Waals surface area contributed by atoms with Crippen LogP contribution in [0.5, 0.6) is 0 Å². The highest BCUT2D eigenvalue weighted by molar-refractivity contribution is 6.04. The summed E-state index contributed by atoms with van der Waals surface area (Å²) in [6, 6.07) is 14.3. The quantitative estimate of drug-likeness (QED) is 0.503. The van der Waals surface area contributed by atoms with Gasteiger partial charge in [0.15, 0.2) is 11.5 Å². The van der Waals surface area contributed by atoms with Gasteiger partial charge < -0.3 is 24.4 Å². The first-order chi connectivity index (χ1) is 18.6. The number of carbonyl (C=O) groups is 4. The van der Waals surface area contributed by atoms with Crippen LogP contribution >= 0.6 is 0 Å². The van der Waals surface area contributed by atoms with Crippen molar-refractivity contribution in [3.05, 3.63) is 65.9 Å². The molecule has 5 rings (SSSR count). The van der Waals surface area contributed by atoms with Crippen LogP contribution in [-0.2, 0) is 9.59 Å². The Hall–Kier alpha value is -4.14. The summed E-state index contributed by atoms with van der Waals surface area (Å²) in [5.41, 5.74) is 2.03. The summed E-state index contributed by atoms with van der Waals surface area (Å²) in [4.78, 5) is 58.4. The molecule has 0 aliphatic carbocycles. The van der Waals surface area contributed by atoms with Crippen molar-refractivity contribution in [2.24, 2.45) is 5.92 Å². The lowest BCUT2D eigenvalue weighted by Gasteiger charge is -2.29. The maximum Gasteiger partial charge on any atom is 0.290 e. The Bertz CT molecular complexity index is 1380. The maximum atomic E-state index is 13.8. The SMILES string of the molecule is CC(C)C[C@H](NC(=O)c1ccc(N(C)C)cc1)C(=O)N1CCC2C1C(=O)CN2C(=O)c1cc2ccccc2o1. The van der Waals surface area contributed by atoms with Crippen LogP contribution < -0.4 is 10.2 Å². The molecule has 39 heavy (non-hydrogen) atoms. The Morgan fingerprint density at radius 2 is 1.77 bits per heavy atom. The van der Waals surface area contributed by atoms with Gasteiger partial charge in [-0.2, -0.15) is 0 Å². The van der Waals surface area contributed by atoms with Gasteiger partial charge in [-0.1, -0.05) is 32.0 Å². The van der Waals surface area contributed by atoms with Gasteiger partial charge in [0.1, 0.15) is 17.7 Å². The van der Waals surface area contributed by atoms with Crippen LogP contribution in [0, 0.1) is 5.92 Å². The van der Waals surface area contributed by atoms with Crippen molar-refractivity contribution in [3.8, 4) is 0 Å². The van der Waals surface area contributed by atoms with Crippen LogP contribution in [0.4, 0.5) is 5.69 Å². The largest absolute Gasteiger partial charge is 0.451 e. The topological polar surface area (TPSA) is 103 Å². The summed E-state index contributed by atoms with van der Waals surface area (Å²) >= 11 is 0. The van der Waals surface area contributed by atoms with E-state index in [2.05, 4.69) is 5.32 Å². The minimum atomic E-state index is -0.780. The number of ketones is 1. The van der Waals surface area contributed by atoms with Crippen LogP contribution in [0.1, 0.15) is 47.6 Å².